The van der Waals surface area contributed by atoms with Crippen LogP contribution in [0, 0.1) is 15.2 Å². The minimum atomic E-state index is -0.500. The first-order valence-corrected chi connectivity index (χ1v) is 8.51. The van der Waals surface area contributed by atoms with E-state index in [1.165, 1.54) is 18.2 Å². The summed E-state index contributed by atoms with van der Waals surface area (Å²) in [5.41, 5.74) is 1.13. The minimum absolute atomic E-state index is 0.120. The topological polar surface area (TPSA) is 12.0 Å². The summed E-state index contributed by atoms with van der Waals surface area (Å²) in [7, 11) is 0. The molecule has 112 valence electrons. The standard InChI is InChI=1S/C16H15BrF2IN/c1-2-21-16(11-8-10(20)6-7-13(11)17)9-12-14(18)4-3-5-15(12)19/h3-8,16,21H,2,9H2,1H3. The molecule has 1 atom stereocenters. The molecular formula is C16H15BrF2IN. The fourth-order valence-electron chi connectivity index (χ4n) is 2.25. The number of rotatable bonds is 5. The van der Waals surface area contributed by atoms with Gasteiger partial charge in [0.1, 0.15) is 11.6 Å². The van der Waals surface area contributed by atoms with Crippen molar-refractivity contribution in [2.75, 3.05) is 6.54 Å². The van der Waals surface area contributed by atoms with Crippen molar-refractivity contribution in [3.63, 3.8) is 0 Å². The Kier molecular flexibility index (Phi) is 6.13. The molecule has 0 saturated heterocycles. The van der Waals surface area contributed by atoms with Gasteiger partial charge in [0.25, 0.3) is 0 Å². The third kappa shape index (κ3) is 4.23. The lowest BCUT2D eigenvalue weighted by molar-refractivity contribution is 0.498. The average molecular weight is 466 g/mol. The lowest BCUT2D eigenvalue weighted by atomic mass is 9.98. The molecular weight excluding hydrogens is 451 g/mol. The molecule has 5 heteroatoms. The zero-order valence-corrected chi connectivity index (χ0v) is 15.2. The van der Waals surface area contributed by atoms with Gasteiger partial charge in [-0.05, 0) is 71.5 Å². The van der Waals surface area contributed by atoms with E-state index in [0.717, 1.165) is 20.2 Å². The molecule has 0 radical (unpaired) electrons. The van der Waals surface area contributed by atoms with E-state index >= 15 is 0 Å². The van der Waals surface area contributed by atoms with Gasteiger partial charge in [0.05, 0.1) is 0 Å². The highest BCUT2D eigenvalue weighted by Gasteiger charge is 2.19. The maximum absolute atomic E-state index is 13.9. The van der Waals surface area contributed by atoms with E-state index in [-0.39, 0.29) is 18.0 Å². The number of hydrogen-bond acceptors (Lipinski definition) is 1. The molecule has 0 fully saturated rings. The summed E-state index contributed by atoms with van der Waals surface area (Å²) in [4.78, 5) is 0. The van der Waals surface area contributed by atoms with Gasteiger partial charge in [0.15, 0.2) is 0 Å². The maximum Gasteiger partial charge on any atom is 0.129 e. The SMILES string of the molecule is CCNC(Cc1c(F)cccc1F)c1cc(I)ccc1Br. The van der Waals surface area contributed by atoms with Gasteiger partial charge in [0.2, 0.25) is 0 Å². The van der Waals surface area contributed by atoms with E-state index in [0.29, 0.717) is 0 Å². The van der Waals surface area contributed by atoms with Crippen molar-refractivity contribution in [2.24, 2.45) is 0 Å². The van der Waals surface area contributed by atoms with Crippen LogP contribution in [0.3, 0.4) is 0 Å². The molecule has 0 heterocycles. The second kappa shape index (κ2) is 7.65. The second-order valence-electron chi connectivity index (χ2n) is 4.68. The quantitative estimate of drug-likeness (QED) is 0.596. The monoisotopic (exact) mass is 465 g/mol. The third-order valence-electron chi connectivity index (χ3n) is 3.25. The van der Waals surface area contributed by atoms with Crippen molar-refractivity contribution in [2.45, 2.75) is 19.4 Å². The van der Waals surface area contributed by atoms with Gasteiger partial charge in [-0.25, -0.2) is 8.78 Å². The fourth-order valence-corrected chi connectivity index (χ4v) is 3.29. The highest BCUT2D eigenvalue weighted by Crippen LogP contribution is 2.29. The molecule has 1 N–H and O–H groups in total. The number of hydrogen-bond donors (Lipinski definition) is 1. The Morgan fingerprint density at radius 1 is 1.19 bits per heavy atom. The van der Waals surface area contributed by atoms with Crippen LogP contribution in [0.15, 0.2) is 40.9 Å². The Morgan fingerprint density at radius 3 is 2.48 bits per heavy atom. The van der Waals surface area contributed by atoms with Crippen LogP contribution in [0.1, 0.15) is 24.1 Å². The molecule has 0 saturated carbocycles. The highest BCUT2D eigenvalue weighted by molar-refractivity contribution is 14.1. The first kappa shape index (κ1) is 16.8. The van der Waals surface area contributed by atoms with Crippen LogP contribution in [0.4, 0.5) is 8.78 Å². The Hall–Kier alpha value is -0.530. The minimum Gasteiger partial charge on any atom is -0.310 e. The van der Waals surface area contributed by atoms with E-state index in [1.807, 2.05) is 25.1 Å². The summed E-state index contributed by atoms with van der Waals surface area (Å²) < 4.78 is 29.8. The maximum atomic E-state index is 13.9. The van der Waals surface area contributed by atoms with Crippen LogP contribution in [0.25, 0.3) is 0 Å². The average Bonchev–Trinajstić information content (AvgIpc) is 2.44. The van der Waals surface area contributed by atoms with Crippen LogP contribution >= 0.6 is 38.5 Å². The summed E-state index contributed by atoms with van der Waals surface area (Å²) in [6.07, 6.45) is 0.269. The zero-order valence-electron chi connectivity index (χ0n) is 11.5. The fraction of sp³-hybridized carbons (Fsp3) is 0.250. The lowest BCUT2D eigenvalue weighted by Gasteiger charge is -2.21. The normalized spacial score (nSPS) is 12.4. The van der Waals surface area contributed by atoms with Gasteiger partial charge in [-0.15, -0.1) is 0 Å². The van der Waals surface area contributed by atoms with E-state index in [4.69, 9.17) is 0 Å². The molecule has 0 aliphatic heterocycles. The van der Waals surface area contributed by atoms with Crippen LogP contribution in [0.5, 0.6) is 0 Å². The summed E-state index contributed by atoms with van der Waals surface area (Å²) in [6.45, 7) is 2.70. The van der Waals surface area contributed by atoms with Crippen molar-refractivity contribution in [3.05, 3.63) is 67.2 Å². The Labute approximate surface area is 145 Å². The van der Waals surface area contributed by atoms with Gasteiger partial charge in [-0.2, -0.15) is 0 Å². The summed E-state index contributed by atoms with van der Waals surface area (Å²) in [5, 5.41) is 3.30. The molecule has 0 spiro atoms. The van der Waals surface area contributed by atoms with Gasteiger partial charge in [-0.3, -0.25) is 0 Å². The zero-order chi connectivity index (χ0) is 15.4. The molecule has 2 aromatic carbocycles. The number of benzene rings is 2. The Balaban J connectivity index is 2.38. The van der Waals surface area contributed by atoms with Crippen LogP contribution in [0.2, 0.25) is 0 Å². The predicted molar refractivity (Wildman–Crippen MR) is 93.3 cm³/mol. The molecule has 0 bridgehead atoms. The summed E-state index contributed by atoms with van der Waals surface area (Å²) in [5.74, 6) is -1.00. The van der Waals surface area contributed by atoms with E-state index in [1.54, 1.807) is 0 Å². The first-order chi connectivity index (χ1) is 10.0. The number of likely N-dealkylation sites (N-methyl/N-ethyl adjacent to an activating group) is 1. The van der Waals surface area contributed by atoms with Crippen molar-refractivity contribution in [1.82, 2.24) is 5.32 Å². The molecule has 2 rings (SSSR count). The van der Waals surface area contributed by atoms with Crippen molar-refractivity contribution >= 4 is 38.5 Å². The molecule has 0 aliphatic carbocycles. The lowest BCUT2D eigenvalue weighted by Crippen LogP contribution is -2.24. The van der Waals surface area contributed by atoms with Gasteiger partial charge < -0.3 is 5.32 Å². The van der Waals surface area contributed by atoms with Crippen molar-refractivity contribution in [3.8, 4) is 0 Å². The third-order valence-corrected chi connectivity index (χ3v) is 4.65. The summed E-state index contributed by atoms with van der Waals surface area (Å²) in [6, 6.07) is 9.80. The smallest absolute Gasteiger partial charge is 0.129 e. The second-order valence-corrected chi connectivity index (χ2v) is 6.78. The number of nitrogens with one attached hydrogen (secondary N) is 1. The van der Waals surface area contributed by atoms with E-state index in [2.05, 4.69) is 43.8 Å². The van der Waals surface area contributed by atoms with Gasteiger partial charge in [0, 0.05) is 19.6 Å². The summed E-state index contributed by atoms with van der Waals surface area (Å²) >= 11 is 5.75. The molecule has 2 aromatic rings. The predicted octanol–water partition coefficient (Wildman–Crippen LogP) is 5.23. The molecule has 0 aliphatic rings. The Morgan fingerprint density at radius 2 is 1.86 bits per heavy atom. The van der Waals surface area contributed by atoms with Crippen LogP contribution < -0.4 is 5.32 Å². The van der Waals surface area contributed by atoms with Gasteiger partial charge >= 0.3 is 0 Å². The molecule has 1 nitrogen and oxygen atoms in total. The van der Waals surface area contributed by atoms with Gasteiger partial charge in [-0.1, -0.05) is 28.9 Å². The van der Waals surface area contributed by atoms with E-state index < -0.39 is 11.6 Å². The molecule has 0 amide bonds. The number of halogens is 4. The van der Waals surface area contributed by atoms with Crippen molar-refractivity contribution < 1.29 is 8.78 Å². The van der Waals surface area contributed by atoms with Crippen molar-refractivity contribution in [1.29, 1.82) is 0 Å². The molecule has 21 heavy (non-hydrogen) atoms. The molecule has 1 unspecified atom stereocenters. The largest absolute Gasteiger partial charge is 0.310 e. The first-order valence-electron chi connectivity index (χ1n) is 6.64. The van der Waals surface area contributed by atoms with Crippen LogP contribution in [-0.4, -0.2) is 6.54 Å². The van der Waals surface area contributed by atoms with E-state index in [9.17, 15) is 8.78 Å². The Bertz CT molecular complexity index is 613. The van der Waals surface area contributed by atoms with Crippen LogP contribution in [-0.2, 0) is 6.42 Å². The highest BCUT2D eigenvalue weighted by atomic mass is 127. The molecule has 0 aromatic heterocycles.